The van der Waals surface area contributed by atoms with E-state index < -0.39 is 5.41 Å². The van der Waals surface area contributed by atoms with E-state index in [9.17, 15) is 9.18 Å². The molecule has 0 spiro atoms. The minimum Gasteiger partial charge on any atom is -0.344 e. The summed E-state index contributed by atoms with van der Waals surface area (Å²) in [7, 11) is 0. The number of rotatable bonds is 3. The average Bonchev–Trinajstić information content (AvgIpc) is 2.27. The Hall–Kier alpha value is -1.82. The van der Waals surface area contributed by atoms with Crippen LogP contribution in [-0.2, 0) is 10.2 Å². The highest BCUT2D eigenvalue weighted by Gasteiger charge is 2.45. The first-order valence-corrected chi connectivity index (χ1v) is 5.67. The zero-order chi connectivity index (χ0) is 12.3. The molecule has 1 aromatic rings. The molecule has 1 saturated carbocycles. The lowest BCUT2D eigenvalue weighted by Crippen LogP contribution is -2.49. The van der Waals surface area contributed by atoms with Crippen LogP contribution in [0, 0.1) is 18.2 Å². The molecular weight excluding hydrogens is 217 g/mol. The Kier molecular flexibility index (Phi) is 3.14. The molecule has 2 rings (SSSR count). The van der Waals surface area contributed by atoms with E-state index in [0.29, 0.717) is 0 Å². The van der Waals surface area contributed by atoms with E-state index in [1.807, 2.05) is 0 Å². The maximum absolute atomic E-state index is 12.9. The van der Waals surface area contributed by atoms with Gasteiger partial charge >= 0.3 is 0 Å². The summed E-state index contributed by atoms with van der Waals surface area (Å²) in [6.07, 6.45) is 7.74. The van der Waals surface area contributed by atoms with Gasteiger partial charge in [-0.15, -0.1) is 6.42 Å². The summed E-state index contributed by atoms with van der Waals surface area (Å²) < 4.78 is 12.9. The highest BCUT2D eigenvalue weighted by Crippen LogP contribution is 2.43. The quantitative estimate of drug-likeness (QED) is 0.792. The summed E-state index contributed by atoms with van der Waals surface area (Å²) in [6.45, 7) is 0.238. The van der Waals surface area contributed by atoms with Crippen molar-refractivity contribution in [3.8, 4) is 12.3 Å². The average molecular weight is 231 g/mol. The molecule has 1 amide bonds. The van der Waals surface area contributed by atoms with Crippen molar-refractivity contribution in [1.29, 1.82) is 0 Å². The van der Waals surface area contributed by atoms with Crippen LogP contribution in [0.3, 0.4) is 0 Å². The third-order valence-corrected chi connectivity index (χ3v) is 3.39. The maximum Gasteiger partial charge on any atom is 0.231 e. The van der Waals surface area contributed by atoms with Crippen molar-refractivity contribution in [2.45, 2.75) is 24.7 Å². The smallest absolute Gasteiger partial charge is 0.231 e. The highest BCUT2D eigenvalue weighted by molar-refractivity contribution is 5.89. The summed E-state index contributed by atoms with van der Waals surface area (Å²) >= 11 is 0. The molecule has 1 N–H and O–H groups in total. The Bertz CT molecular complexity index is 454. The largest absolute Gasteiger partial charge is 0.344 e. The van der Waals surface area contributed by atoms with Gasteiger partial charge in [0.1, 0.15) is 5.82 Å². The van der Waals surface area contributed by atoms with E-state index >= 15 is 0 Å². The molecule has 0 atom stereocenters. The SMILES string of the molecule is C#CCNC(=O)C1(c2ccc(F)cc2)CCC1. The molecule has 1 aliphatic carbocycles. The number of carbonyl (C=O) groups is 1. The molecule has 0 saturated heterocycles. The molecule has 0 aromatic heterocycles. The third-order valence-electron chi connectivity index (χ3n) is 3.39. The van der Waals surface area contributed by atoms with Crippen LogP contribution in [0.25, 0.3) is 0 Å². The lowest BCUT2D eigenvalue weighted by molar-refractivity contribution is -0.129. The van der Waals surface area contributed by atoms with E-state index in [1.165, 1.54) is 12.1 Å². The molecule has 0 bridgehead atoms. The van der Waals surface area contributed by atoms with E-state index in [2.05, 4.69) is 11.2 Å². The topological polar surface area (TPSA) is 29.1 Å². The molecule has 1 fully saturated rings. The lowest BCUT2D eigenvalue weighted by atomic mass is 9.64. The maximum atomic E-state index is 12.9. The van der Waals surface area contributed by atoms with Crippen LogP contribution in [0.2, 0.25) is 0 Å². The highest BCUT2D eigenvalue weighted by atomic mass is 19.1. The fourth-order valence-corrected chi connectivity index (χ4v) is 2.25. The second-order valence-electron chi connectivity index (χ2n) is 4.33. The van der Waals surface area contributed by atoms with Crippen LogP contribution in [0.5, 0.6) is 0 Å². The van der Waals surface area contributed by atoms with Crippen molar-refractivity contribution >= 4 is 5.91 Å². The zero-order valence-corrected chi connectivity index (χ0v) is 9.50. The van der Waals surface area contributed by atoms with Gasteiger partial charge in [-0.2, -0.15) is 0 Å². The van der Waals surface area contributed by atoms with Crippen molar-refractivity contribution in [2.24, 2.45) is 0 Å². The first-order chi connectivity index (χ1) is 8.19. The Morgan fingerprint density at radius 1 is 1.41 bits per heavy atom. The van der Waals surface area contributed by atoms with Crippen LogP contribution in [0.1, 0.15) is 24.8 Å². The minimum absolute atomic E-state index is 0.0479. The minimum atomic E-state index is -0.495. The van der Waals surface area contributed by atoms with E-state index in [-0.39, 0.29) is 18.3 Å². The van der Waals surface area contributed by atoms with Gasteiger partial charge < -0.3 is 5.32 Å². The predicted octanol–water partition coefficient (Wildman–Crippen LogP) is 2.00. The summed E-state index contributed by atoms with van der Waals surface area (Å²) in [6, 6.07) is 6.15. The summed E-state index contributed by atoms with van der Waals surface area (Å²) in [5.74, 6) is 2.05. The van der Waals surface area contributed by atoms with E-state index in [0.717, 1.165) is 24.8 Å². The number of carbonyl (C=O) groups excluding carboxylic acids is 1. The lowest BCUT2D eigenvalue weighted by Gasteiger charge is -2.40. The Morgan fingerprint density at radius 2 is 2.06 bits per heavy atom. The summed E-state index contributed by atoms with van der Waals surface area (Å²) in [5.41, 5.74) is 0.379. The first-order valence-electron chi connectivity index (χ1n) is 5.67. The predicted molar refractivity (Wildman–Crippen MR) is 63.8 cm³/mol. The molecule has 1 aromatic carbocycles. The molecule has 3 heteroatoms. The normalized spacial score (nSPS) is 16.7. The number of nitrogens with one attached hydrogen (secondary N) is 1. The van der Waals surface area contributed by atoms with E-state index in [1.54, 1.807) is 12.1 Å². The van der Waals surface area contributed by atoms with Crippen molar-refractivity contribution in [3.05, 3.63) is 35.6 Å². The molecule has 0 aliphatic heterocycles. The van der Waals surface area contributed by atoms with Gasteiger partial charge in [0.2, 0.25) is 5.91 Å². The fraction of sp³-hybridized carbons (Fsp3) is 0.357. The van der Waals surface area contributed by atoms with Crippen LogP contribution in [0.4, 0.5) is 4.39 Å². The number of halogens is 1. The van der Waals surface area contributed by atoms with Gasteiger partial charge in [0, 0.05) is 0 Å². The molecule has 1 aliphatic rings. The van der Waals surface area contributed by atoms with Crippen LogP contribution in [0.15, 0.2) is 24.3 Å². The second-order valence-corrected chi connectivity index (χ2v) is 4.33. The van der Waals surface area contributed by atoms with Crippen molar-refractivity contribution in [3.63, 3.8) is 0 Å². The third kappa shape index (κ3) is 2.03. The number of amides is 1. The van der Waals surface area contributed by atoms with Crippen molar-refractivity contribution < 1.29 is 9.18 Å². The standard InChI is InChI=1S/C14H14FNO/c1-2-10-16-13(17)14(8-3-9-14)11-4-6-12(15)7-5-11/h1,4-7H,3,8-10H2,(H,16,17). The number of hydrogen-bond donors (Lipinski definition) is 1. The molecule has 88 valence electrons. The molecule has 0 radical (unpaired) electrons. The molecule has 0 unspecified atom stereocenters. The van der Waals surface area contributed by atoms with Crippen LogP contribution < -0.4 is 5.32 Å². The Balaban J connectivity index is 2.22. The van der Waals surface area contributed by atoms with Gasteiger partial charge in [-0.05, 0) is 30.5 Å². The van der Waals surface area contributed by atoms with Gasteiger partial charge in [-0.1, -0.05) is 24.5 Å². The monoisotopic (exact) mass is 231 g/mol. The Labute approximate surface area is 100 Å². The fourth-order valence-electron chi connectivity index (χ4n) is 2.25. The van der Waals surface area contributed by atoms with Crippen molar-refractivity contribution in [1.82, 2.24) is 5.32 Å². The van der Waals surface area contributed by atoms with Gasteiger partial charge in [0.05, 0.1) is 12.0 Å². The molecule has 2 nitrogen and oxygen atoms in total. The molecule has 17 heavy (non-hydrogen) atoms. The molecular formula is C14H14FNO. The summed E-state index contributed by atoms with van der Waals surface area (Å²) in [4.78, 5) is 12.1. The van der Waals surface area contributed by atoms with Gasteiger partial charge in [0.25, 0.3) is 0 Å². The van der Waals surface area contributed by atoms with Crippen LogP contribution >= 0.6 is 0 Å². The number of hydrogen-bond acceptors (Lipinski definition) is 1. The Morgan fingerprint density at radius 3 is 2.53 bits per heavy atom. The van der Waals surface area contributed by atoms with Gasteiger partial charge in [0.15, 0.2) is 0 Å². The van der Waals surface area contributed by atoms with Crippen molar-refractivity contribution in [2.75, 3.05) is 6.54 Å². The number of benzene rings is 1. The van der Waals surface area contributed by atoms with Gasteiger partial charge in [-0.3, -0.25) is 4.79 Å². The molecule has 0 heterocycles. The summed E-state index contributed by atoms with van der Waals surface area (Å²) in [5, 5.41) is 2.72. The zero-order valence-electron chi connectivity index (χ0n) is 9.50. The first kappa shape index (κ1) is 11.7. The van der Waals surface area contributed by atoms with Gasteiger partial charge in [-0.25, -0.2) is 4.39 Å². The second kappa shape index (κ2) is 4.58. The van der Waals surface area contributed by atoms with Crippen LogP contribution in [-0.4, -0.2) is 12.5 Å². The van der Waals surface area contributed by atoms with E-state index in [4.69, 9.17) is 6.42 Å². The number of terminal acetylenes is 1.